The third kappa shape index (κ3) is 5.27. The van der Waals surface area contributed by atoms with Crippen molar-refractivity contribution >= 4 is 50.3 Å². The predicted octanol–water partition coefficient (Wildman–Crippen LogP) is 5.55. The average Bonchev–Trinajstić information content (AvgIpc) is 3.49. The Bertz CT molecular complexity index is 1540. The highest BCUT2D eigenvalue weighted by atomic mass is 35.5. The molecule has 3 heterocycles. The molecule has 0 bridgehead atoms. The summed E-state index contributed by atoms with van der Waals surface area (Å²) in [7, 11) is -2.01. The van der Waals surface area contributed by atoms with Crippen molar-refractivity contribution in [2.45, 2.75) is 12.1 Å². The number of rotatable bonds is 7. The quantitative estimate of drug-likeness (QED) is 0.287. The maximum Gasteiger partial charge on any atom is 0.229 e. The molecule has 0 aliphatic carbocycles. The van der Waals surface area contributed by atoms with Crippen LogP contribution in [-0.4, -0.2) is 31.9 Å². The maximum absolute atomic E-state index is 11.8. The van der Waals surface area contributed by atoms with Crippen LogP contribution in [0.5, 0.6) is 5.75 Å². The largest absolute Gasteiger partial charge is 0.494 e. The van der Waals surface area contributed by atoms with Gasteiger partial charge in [0.2, 0.25) is 10.0 Å². The Morgan fingerprint density at radius 2 is 1.89 bits per heavy atom. The highest BCUT2D eigenvalue weighted by Gasteiger charge is 2.42. The van der Waals surface area contributed by atoms with E-state index in [0.717, 1.165) is 17.5 Å². The summed E-state index contributed by atoms with van der Waals surface area (Å²) in [5, 5.41) is 4.49. The maximum atomic E-state index is 11.8. The summed E-state index contributed by atoms with van der Waals surface area (Å²) in [5.41, 5.74) is 2.71. The molecule has 37 heavy (non-hydrogen) atoms. The zero-order valence-electron chi connectivity index (χ0n) is 19.9. The van der Waals surface area contributed by atoms with Crippen LogP contribution in [0.1, 0.15) is 23.5 Å². The molecule has 2 aromatic heterocycles. The Morgan fingerprint density at radius 3 is 2.57 bits per heavy atom. The summed E-state index contributed by atoms with van der Waals surface area (Å²) < 4.78 is 37.9. The van der Waals surface area contributed by atoms with E-state index < -0.39 is 10.0 Å². The number of sulfonamides is 1. The number of ether oxygens (including phenoxy) is 1. The van der Waals surface area contributed by atoms with Gasteiger partial charge in [0.15, 0.2) is 5.11 Å². The predicted molar refractivity (Wildman–Crippen MR) is 149 cm³/mol. The van der Waals surface area contributed by atoms with Gasteiger partial charge in [0.05, 0.1) is 30.8 Å². The summed E-state index contributed by atoms with van der Waals surface area (Å²) in [4.78, 5) is 6.48. The van der Waals surface area contributed by atoms with E-state index >= 15 is 0 Å². The molecule has 190 valence electrons. The van der Waals surface area contributed by atoms with E-state index in [2.05, 4.69) is 15.0 Å². The Morgan fingerprint density at radius 1 is 1.11 bits per heavy atom. The number of furan rings is 1. The van der Waals surface area contributed by atoms with Gasteiger partial charge in [-0.1, -0.05) is 17.7 Å². The number of pyridine rings is 1. The standard InChI is InChI=1S/C26H23ClN4O4S2/c1-34-23-15-18(10-11-19(23)30-37(2,32)33)31-25(24(29-26(31)36)20-5-3-4-14-28-20)22-13-12-21(35-22)16-6-8-17(27)9-7-16/h3-15,24-25,30H,1-2H3,(H,29,36)/t24-,25+/m1/s1. The number of benzene rings is 2. The second kappa shape index (κ2) is 10.0. The molecule has 1 aliphatic rings. The van der Waals surface area contributed by atoms with Crippen molar-refractivity contribution in [3.63, 3.8) is 0 Å². The first-order chi connectivity index (χ1) is 17.7. The van der Waals surface area contributed by atoms with Gasteiger partial charge < -0.3 is 19.4 Å². The van der Waals surface area contributed by atoms with Gasteiger partial charge in [-0.15, -0.1) is 0 Å². The molecule has 1 fully saturated rings. The molecular formula is C26H23ClN4O4S2. The van der Waals surface area contributed by atoms with Gasteiger partial charge in [0.1, 0.15) is 23.3 Å². The summed E-state index contributed by atoms with van der Waals surface area (Å²) >= 11 is 11.8. The van der Waals surface area contributed by atoms with Crippen LogP contribution in [0.15, 0.2) is 83.4 Å². The highest BCUT2D eigenvalue weighted by molar-refractivity contribution is 7.92. The number of methoxy groups -OCH3 is 1. The van der Waals surface area contributed by atoms with Crippen LogP contribution in [0.3, 0.4) is 0 Å². The number of aromatic nitrogens is 1. The lowest BCUT2D eigenvalue weighted by atomic mass is 10.0. The summed E-state index contributed by atoms with van der Waals surface area (Å²) in [5.74, 6) is 1.71. The molecule has 0 spiro atoms. The van der Waals surface area contributed by atoms with Gasteiger partial charge in [-0.2, -0.15) is 0 Å². The van der Waals surface area contributed by atoms with Crippen LogP contribution in [0.4, 0.5) is 11.4 Å². The smallest absolute Gasteiger partial charge is 0.229 e. The van der Waals surface area contributed by atoms with E-state index in [1.165, 1.54) is 7.11 Å². The molecule has 0 amide bonds. The SMILES string of the molecule is COc1cc(N2C(=S)N[C@H](c3ccccn3)[C@@H]2c2ccc(-c3ccc(Cl)cc3)o2)ccc1NS(C)(=O)=O. The molecule has 0 unspecified atom stereocenters. The first-order valence-corrected chi connectivity index (χ1v) is 13.9. The average molecular weight is 555 g/mol. The van der Waals surface area contributed by atoms with Gasteiger partial charge in [0, 0.05) is 28.5 Å². The van der Waals surface area contributed by atoms with Gasteiger partial charge in [-0.25, -0.2) is 8.42 Å². The fourth-order valence-electron chi connectivity index (χ4n) is 4.32. The summed E-state index contributed by atoms with van der Waals surface area (Å²) in [6.45, 7) is 0. The topological polar surface area (TPSA) is 96.7 Å². The van der Waals surface area contributed by atoms with Crippen LogP contribution >= 0.6 is 23.8 Å². The lowest BCUT2D eigenvalue weighted by Crippen LogP contribution is -2.29. The van der Waals surface area contributed by atoms with Crippen LogP contribution in [0, 0.1) is 0 Å². The number of anilines is 2. The Kier molecular flexibility index (Phi) is 6.80. The number of nitrogens with one attached hydrogen (secondary N) is 2. The molecule has 5 rings (SSSR count). The van der Waals surface area contributed by atoms with Crippen molar-refractivity contribution in [3.05, 3.63) is 95.5 Å². The van der Waals surface area contributed by atoms with E-state index in [4.69, 9.17) is 33.0 Å². The summed E-state index contributed by atoms with van der Waals surface area (Å²) in [6, 6.07) is 21.4. The minimum atomic E-state index is -3.49. The van der Waals surface area contributed by atoms with Crippen LogP contribution < -0.4 is 19.7 Å². The first kappa shape index (κ1) is 25.1. The lowest BCUT2D eigenvalue weighted by molar-refractivity contribution is 0.416. The molecule has 1 aliphatic heterocycles. The minimum absolute atomic E-state index is 0.308. The molecule has 0 saturated carbocycles. The first-order valence-electron chi connectivity index (χ1n) is 11.3. The van der Waals surface area contributed by atoms with E-state index in [0.29, 0.717) is 38.8 Å². The van der Waals surface area contributed by atoms with Crippen molar-refractivity contribution in [2.24, 2.45) is 0 Å². The molecule has 8 nitrogen and oxygen atoms in total. The fourth-order valence-corrected chi connectivity index (χ4v) is 5.36. The van der Waals surface area contributed by atoms with Gasteiger partial charge in [-0.05, 0) is 72.9 Å². The normalized spacial score (nSPS) is 17.5. The number of halogens is 1. The van der Waals surface area contributed by atoms with E-state index in [9.17, 15) is 8.42 Å². The minimum Gasteiger partial charge on any atom is -0.494 e. The second-order valence-electron chi connectivity index (χ2n) is 8.46. The number of hydrogen-bond donors (Lipinski definition) is 2. The van der Waals surface area contributed by atoms with Crippen molar-refractivity contribution in [2.75, 3.05) is 23.0 Å². The van der Waals surface area contributed by atoms with Crippen molar-refractivity contribution in [1.82, 2.24) is 10.3 Å². The van der Waals surface area contributed by atoms with E-state index in [1.807, 2.05) is 59.5 Å². The van der Waals surface area contributed by atoms with Crippen LogP contribution in [0.2, 0.25) is 5.02 Å². The number of thiocarbonyl (C=S) groups is 1. The van der Waals surface area contributed by atoms with Gasteiger partial charge in [-0.3, -0.25) is 9.71 Å². The molecule has 4 aromatic rings. The van der Waals surface area contributed by atoms with Crippen molar-refractivity contribution < 1.29 is 17.6 Å². The molecule has 2 N–H and O–H groups in total. The van der Waals surface area contributed by atoms with Crippen molar-refractivity contribution in [3.8, 4) is 17.1 Å². The molecule has 11 heteroatoms. The second-order valence-corrected chi connectivity index (χ2v) is 11.0. The lowest BCUT2D eigenvalue weighted by Gasteiger charge is -2.26. The van der Waals surface area contributed by atoms with Crippen LogP contribution in [-0.2, 0) is 10.0 Å². The Balaban J connectivity index is 1.59. The summed E-state index contributed by atoms with van der Waals surface area (Å²) in [6.07, 6.45) is 2.82. The highest BCUT2D eigenvalue weighted by Crippen LogP contribution is 2.44. The Hall–Kier alpha value is -3.60. The third-order valence-corrected chi connectivity index (χ3v) is 7.06. The third-order valence-electron chi connectivity index (χ3n) is 5.90. The number of hydrogen-bond acceptors (Lipinski definition) is 6. The molecular weight excluding hydrogens is 532 g/mol. The Labute approximate surface area is 225 Å². The molecule has 1 saturated heterocycles. The fraction of sp³-hybridized carbons (Fsp3) is 0.154. The van der Waals surface area contributed by atoms with E-state index in [-0.39, 0.29) is 12.1 Å². The number of nitrogens with zero attached hydrogens (tertiary/aromatic N) is 2. The van der Waals surface area contributed by atoms with Crippen molar-refractivity contribution in [1.29, 1.82) is 0 Å². The van der Waals surface area contributed by atoms with Crippen LogP contribution in [0.25, 0.3) is 11.3 Å². The van der Waals surface area contributed by atoms with E-state index in [1.54, 1.807) is 24.4 Å². The molecule has 2 atom stereocenters. The van der Waals surface area contributed by atoms with Gasteiger partial charge in [0.25, 0.3) is 0 Å². The molecule has 0 radical (unpaired) electrons. The zero-order valence-corrected chi connectivity index (χ0v) is 22.3. The molecule has 2 aromatic carbocycles. The monoisotopic (exact) mass is 554 g/mol. The van der Waals surface area contributed by atoms with Gasteiger partial charge >= 0.3 is 0 Å². The zero-order chi connectivity index (χ0) is 26.2.